The molecule has 0 saturated heterocycles. The highest BCUT2D eigenvalue weighted by Gasteiger charge is 2.15. The van der Waals surface area contributed by atoms with Crippen molar-refractivity contribution in [2.45, 2.75) is 0 Å². The predicted octanol–water partition coefficient (Wildman–Crippen LogP) is 4.78. The lowest BCUT2D eigenvalue weighted by Crippen LogP contribution is -2.23. The number of para-hydroxylation sites is 1. The number of benzene rings is 3. The average molecular weight is 504 g/mol. The maximum atomic E-state index is 13.3. The zero-order chi connectivity index (χ0) is 25.2. The minimum Gasteiger partial charge on any atom is -0.490 e. The summed E-state index contributed by atoms with van der Waals surface area (Å²) in [5, 5.41) is 9.31. The fourth-order valence-electron chi connectivity index (χ4n) is 3.98. The van der Waals surface area contributed by atoms with Crippen LogP contribution in [0.2, 0.25) is 0 Å². The van der Waals surface area contributed by atoms with Crippen LogP contribution < -0.4 is 14.8 Å². The molecule has 37 heavy (non-hydrogen) atoms. The number of hydrogen-bond acceptors (Lipinski definition) is 6. The van der Waals surface area contributed by atoms with E-state index in [2.05, 4.69) is 16.7 Å². The highest BCUT2D eigenvalue weighted by Crippen LogP contribution is 2.25. The van der Waals surface area contributed by atoms with Crippen molar-refractivity contribution in [2.75, 3.05) is 6.61 Å². The maximum Gasteiger partial charge on any atom is 0.291 e. The highest BCUT2D eigenvalue weighted by atomic mass is 32.1. The van der Waals surface area contributed by atoms with E-state index in [1.165, 1.54) is 15.9 Å². The van der Waals surface area contributed by atoms with Crippen molar-refractivity contribution in [1.29, 1.82) is 0 Å². The molecule has 3 aromatic heterocycles. The molecular weight excluding hydrogens is 482 g/mol. The van der Waals surface area contributed by atoms with Crippen LogP contribution in [0.4, 0.5) is 0 Å². The normalized spacial score (nSPS) is 11.7. The molecule has 8 heteroatoms. The van der Waals surface area contributed by atoms with Gasteiger partial charge in [-0.1, -0.05) is 72.5 Å². The summed E-state index contributed by atoms with van der Waals surface area (Å²) >= 11 is 1.31. The molecule has 6 rings (SSSR count). The van der Waals surface area contributed by atoms with Crippen LogP contribution in [-0.4, -0.2) is 31.0 Å². The van der Waals surface area contributed by atoms with Crippen molar-refractivity contribution in [3.63, 3.8) is 0 Å². The van der Waals surface area contributed by atoms with E-state index in [9.17, 15) is 4.79 Å². The van der Waals surface area contributed by atoms with E-state index in [1.807, 2.05) is 102 Å². The van der Waals surface area contributed by atoms with Crippen LogP contribution in [0.3, 0.4) is 0 Å². The summed E-state index contributed by atoms with van der Waals surface area (Å²) in [6.45, 7) is 4.09. The topological polar surface area (TPSA) is 74.3 Å². The van der Waals surface area contributed by atoms with Crippen LogP contribution in [0.15, 0.2) is 109 Å². The molecule has 180 valence electrons. The first-order valence-corrected chi connectivity index (χ1v) is 12.5. The summed E-state index contributed by atoms with van der Waals surface area (Å²) in [6, 6.07) is 27.3. The molecule has 0 N–H and O–H groups in total. The van der Waals surface area contributed by atoms with Gasteiger partial charge in [0.2, 0.25) is 4.96 Å². The Morgan fingerprint density at radius 3 is 2.32 bits per heavy atom. The zero-order valence-electron chi connectivity index (χ0n) is 19.7. The lowest BCUT2D eigenvalue weighted by Gasteiger charge is -2.02. The van der Waals surface area contributed by atoms with Gasteiger partial charge in [0.05, 0.1) is 15.9 Å². The van der Waals surface area contributed by atoms with Gasteiger partial charge in [-0.2, -0.15) is 14.6 Å². The van der Waals surface area contributed by atoms with Gasteiger partial charge in [-0.25, -0.2) is 4.68 Å². The van der Waals surface area contributed by atoms with Gasteiger partial charge in [-0.05, 0) is 42.5 Å². The third-order valence-electron chi connectivity index (χ3n) is 5.76. The molecule has 0 aliphatic heterocycles. The van der Waals surface area contributed by atoms with Crippen molar-refractivity contribution in [3.8, 4) is 34.1 Å². The highest BCUT2D eigenvalue weighted by molar-refractivity contribution is 7.15. The molecule has 3 heterocycles. The second-order valence-corrected chi connectivity index (χ2v) is 9.26. The molecular formula is C29H21N5O2S. The maximum absolute atomic E-state index is 13.3. The molecule has 0 fully saturated rings. The van der Waals surface area contributed by atoms with Gasteiger partial charge in [-0.15, -0.1) is 5.10 Å². The molecule has 0 unspecified atom stereocenters. The van der Waals surface area contributed by atoms with Crippen LogP contribution >= 0.6 is 11.3 Å². The van der Waals surface area contributed by atoms with E-state index < -0.39 is 0 Å². The van der Waals surface area contributed by atoms with E-state index in [4.69, 9.17) is 9.84 Å². The minimum absolute atomic E-state index is 0.212. The number of aromatic nitrogens is 5. The summed E-state index contributed by atoms with van der Waals surface area (Å²) in [5.74, 6) is 1.23. The zero-order valence-corrected chi connectivity index (χ0v) is 20.5. The summed E-state index contributed by atoms with van der Waals surface area (Å²) in [7, 11) is 0. The Kier molecular flexibility index (Phi) is 5.92. The molecule has 0 atom stereocenters. The van der Waals surface area contributed by atoms with Gasteiger partial charge in [-0.3, -0.25) is 4.79 Å². The van der Waals surface area contributed by atoms with E-state index in [-0.39, 0.29) is 5.56 Å². The van der Waals surface area contributed by atoms with Gasteiger partial charge in [0.1, 0.15) is 12.4 Å². The van der Waals surface area contributed by atoms with E-state index in [1.54, 1.807) is 6.08 Å². The molecule has 0 bridgehead atoms. The fourth-order valence-corrected chi connectivity index (χ4v) is 4.88. The number of ether oxygens (including phenoxy) is 1. The van der Waals surface area contributed by atoms with Crippen molar-refractivity contribution >= 4 is 22.4 Å². The largest absolute Gasteiger partial charge is 0.490 e. The summed E-state index contributed by atoms with van der Waals surface area (Å²) in [4.78, 5) is 18.4. The monoisotopic (exact) mass is 503 g/mol. The Hall–Kier alpha value is -4.82. The van der Waals surface area contributed by atoms with E-state index in [0.717, 1.165) is 33.8 Å². The molecule has 0 amide bonds. The molecule has 6 aromatic rings. The van der Waals surface area contributed by atoms with Crippen molar-refractivity contribution in [1.82, 2.24) is 24.4 Å². The van der Waals surface area contributed by atoms with Gasteiger partial charge in [0.15, 0.2) is 5.82 Å². The summed E-state index contributed by atoms with van der Waals surface area (Å²) < 4.78 is 9.26. The summed E-state index contributed by atoms with van der Waals surface area (Å²) in [6.07, 6.45) is 5.50. The van der Waals surface area contributed by atoms with Gasteiger partial charge < -0.3 is 4.74 Å². The molecule has 0 aliphatic carbocycles. The lowest BCUT2D eigenvalue weighted by molar-refractivity contribution is 0.363. The average Bonchev–Trinajstić information content (AvgIpc) is 3.64. The lowest BCUT2D eigenvalue weighted by atomic mass is 10.1. The van der Waals surface area contributed by atoms with Crippen molar-refractivity contribution < 1.29 is 4.74 Å². The first-order chi connectivity index (χ1) is 18.2. The number of thiazole rings is 1. The first-order valence-electron chi connectivity index (χ1n) is 11.7. The fraction of sp³-hybridized carbons (Fsp3) is 0.0345. The molecule has 0 aliphatic rings. The Labute approximate surface area is 216 Å². The number of rotatable bonds is 7. The Bertz CT molecular complexity index is 1800. The number of fused-ring (bicyclic) bond motifs is 1. The molecule has 0 spiro atoms. The first kappa shape index (κ1) is 22.6. The third kappa shape index (κ3) is 4.46. The van der Waals surface area contributed by atoms with Crippen molar-refractivity contribution in [2.24, 2.45) is 0 Å². The minimum atomic E-state index is -0.212. The van der Waals surface area contributed by atoms with Gasteiger partial charge in [0.25, 0.3) is 5.56 Å². The molecule has 7 nitrogen and oxygen atoms in total. The van der Waals surface area contributed by atoms with Crippen LogP contribution in [0.25, 0.3) is 39.4 Å². The van der Waals surface area contributed by atoms with Gasteiger partial charge >= 0.3 is 0 Å². The van der Waals surface area contributed by atoms with Gasteiger partial charge in [0, 0.05) is 22.9 Å². The SMILES string of the molecule is C=CCOc1ccc(-c2nc3sc(=Cc4cn(-c5ccccc5)nc4-c4ccccc4)c(=O)n3n2)cc1. The molecule has 3 aromatic carbocycles. The van der Waals surface area contributed by atoms with E-state index in [0.29, 0.717) is 21.9 Å². The smallest absolute Gasteiger partial charge is 0.291 e. The second-order valence-electron chi connectivity index (χ2n) is 8.25. The van der Waals surface area contributed by atoms with Crippen molar-refractivity contribution in [3.05, 3.63) is 124 Å². The van der Waals surface area contributed by atoms with Crippen LogP contribution in [0.5, 0.6) is 5.75 Å². The van der Waals surface area contributed by atoms with Crippen LogP contribution in [0.1, 0.15) is 5.56 Å². The third-order valence-corrected chi connectivity index (χ3v) is 6.72. The second kappa shape index (κ2) is 9.67. The standard InChI is InChI=1S/C29H21N5O2S/c1-2-17-36-24-15-13-21(14-16-24)27-30-29-34(32-27)28(35)25(37-29)18-22-19-33(23-11-7-4-8-12-23)31-26(22)20-9-5-3-6-10-20/h2-16,18-19H,1,17H2. The predicted molar refractivity (Wildman–Crippen MR) is 146 cm³/mol. The Morgan fingerprint density at radius 2 is 1.62 bits per heavy atom. The quantitative estimate of drug-likeness (QED) is 0.293. The summed E-state index contributed by atoms with van der Waals surface area (Å²) in [5.41, 5.74) is 4.14. The Morgan fingerprint density at radius 1 is 0.892 bits per heavy atom. The molecule has 0 saturated carbocycles. The van der Waals surface area contributed by atoms with Crippen LogP contribution in [-0.2, 0) is 0 Å². The number of hydrogen-bond donors (Lipinski definition) is 0. The number of nitrogens with zero attached hydrogens (tertiary/aromatic N) is 5. The molecule has 0 radical (unpaired) electrons. The van der Waals surface area contributed by atoms with Crippen LogP contribution in [0, 0.1) is 0 Å². The Balaban J connectivity index is 1.40. The van der Waals surface area contributed by atoms with E-state index >= 15 is 0 Å².